The number of halogens is 5. The first-order valence-electron chi connectivity index (χ1n) is 7.99. The van der Waals surface area contributed by atoms with Crippen molar-refractivity contribution in [2.45, 2.75) is 38.5 Å². The van der Waals surface area contributed by atoms with Gasteiger partial charge in [-0.05, 0) is 16.5 Å². The van der Waals surface area contributed by atoms with Crippen LogP contribution in [0.5, 0.6) is 0 Å². The van der Waals surface area contributed by atoms with Gasteiger partial charge in [0.05, 0.1) is 5.56 Å². The van der Waals surface area contributed by atoms with Gasteiger partial charge in [-0.2, -0.15) is 0 Å². The molecule has 0 aromatic heterocycles. The summed E-state index contributed by atoms with van der Waals surface area (Å²) in [5.74, 6) is -6.51. The summed E-state index contributed by atoms with van der Waals surface area (Å²) in [6.07, 6.45) is -1.98. The summed E-state index contributed by atoms with van der Waals surface area (Å²) >= 11 is 5.90. The highest BCUT2D eigenvalue weighted by Crippen LogP contribution is 2.28. The zero-order valence-corrected chi connectivity index (χ0v) is 15.3. The minimum atomic E-state index is -1.98. The van der Waals surface area contributed by atoms with Crippen molar-refractivity contribution in [3.05, 3.63) is 70.3 Å². The Bertz CT molecular complexity index is 748. The maximum atomic E-state index is 13.8. The molecule has 2 rings (SSSR count). The number of nitrogens with one attached hydrogen (secondary N) is 1. The smallest absolute Gasteiger partial charge is 0.169 e. The SMILES string of the molecule is CC(C)(C)c1ccc(C(CCl)NC(O)c2c(F)c(F)cc(F)c2F)cc1. The predicted molar refractivity (Wildman–Crippen MR) is 93.0 cm³/mol. The van der Waals surface area contributed by atoms with Crippen molar-refractivity contribution < 1.29 is 22.7 Å². The van der Waals surface area contributed by atoms with E-state index in [1.54, 1.807) is 12.1 Å². The minimum Gasteiger partial charge on any atom is -0.374 e. The van der Waals surface area contributed by atoms with Crippen LogP contribution in [-0.2, 0) is 5.41 Å². The fourth-order valence-corrected chi connectivity index (χ4v) is 2.82. The van der Waals surface area contributed by atoms with Gasteiger partial charge in [0.1, 0.15) is 6.23 Å². The van der Waals surface area contributed by atoms with Crippen molar-refractivity contribution >= 4 is 11.6 Å². The van der Waals surface area contributed by atoms with Crippen LogP contribution in [0.3, 0.4) is 0 Å². The van der Waals surface area contributed by atoms with Crippen molar-refractivity contribution in [1.29, 1.82) is 0 Å². The van der Waals surface area contributed by atoms with E-state index in [9.17, 15) is 22.7 Å². The molecule has 2 aromatic carbocycles. The molecule has 0 saturated heterocycles. The minimum absolute atomic E-state index is 0.0348. The number of aliphatic hydroxyl groups excluding tert-OH is 1. The number of hydrogen-bond acceptors (Lipinski definition) is 2. The van der Waals surface area contributed by atoms with Gasteiger partial charge in [0.2, 0.25) is 0 Å². The second-order valence-electron chi connectivity index (χ2n) is 7.03. The molecule has 0 aliphatic heterocycles. The topological polar surface area (TPSA) is 32.3 Å². The van der Waals surface area contributed by atoms with Crippen LogP contribution in [0, 0.1) is 23.3 Å². The fourth-order valence-electron chi connectivity index (χ4n) is 2.55. The molecular weight excluding hydrogens is 370 g/mol. The van der Waals surface area contributed by atoms with Crippen LogP contribution in [0.2, 0.25) is 0 Å². The van der Waals surface area contributed by atoms with Crippen LogP contribution in [0.15, 0.2) is 30.3 Å². The lowest BCUT2D eigenvalue weighted by molar-refractivity contribution is 0.116. The number of benzene rings is 2. The summed E-state index contributed by atoms with van der Waals surface area (Å²) in [6.45, 7) is 6.15. The van der Waals surface area contributed by atoms with Crippen molar-refractivity contribution in [2.24, 2.45) is 0 Å². The molecule has 2 aromatic rings. The molecule has 0 fully saturated rings. The van der Waals surface area contributed by atoms with Crippen molar-refractivity contribution in [2.75, 3.05) is 5.88 Å². The number of aliphatic hydroxyl groups is 1. The lowest BCUT2D eigenvalue weighted by Crippen LogP contribution is -2.29. The molecule has 7 heteroatoms. The highest BCUT2D eigenvalue weighted by Gasteiger charge is 2.27. The highest BCUT2D eigenvalue weighted by molar-refractivity contribution is 6.18. The molecule has 0 radical (unpaired) electrons. The van der Waals surface area contributed by atoms with Crippen LogP contribution in [0.1, 0.15) is 49.7 Å². The van der Waals surface area contributed by atoms with Crippen molar-refractivity contribution in [3.63, 3.8) is 0 Å². The van der Waals surface area contributed by atoms with E-state index in [4.69, 9.17) is 11.6 Å². The second kappa shape index (κ2) is 7.94. The quantitative estimate of drug-likeness (QED) is 0.323. The van der Waals surface area contributed by atoms with Crippen molar-refractivity contribution in [3.8, 4) is 0 Å². The molecule has 2 N–H and O–H groups in total. The van der Waals surface area contributed by atoms with E-state index in [-0.39, 0.29) is 17.4 Å². The molecule has 0 bridgehead atoms. The molecule has 0 spiro atoms. The van der Waals surface area contributed by atoms with Gasteiger partial charge in [0, 0.05) is 18.0 Å². The number of alkyl halides is 1. The first-order chi connectivity index (χ1) is 12.1. The third-order valence-electron chi connectivity index (χ3n) is 4.11. The Morgan fingerprint density at radius 2 is 1.50 bits per heavy atom. The third kappa shape index (κ3) is 4.37. The van der Waals surface area contributed by atoms with E-state index in [0.717, 1.165) is 5.56 Å². The van der Waals surface area contributed by atoms with Crippen LogP contribution >= 0.6 is 11.6 Å². The van der Waals surface area contributed by atoms with Gasteiger partial charge in [0.15, 0.2) is 23.3 Å². The Morgan fingerprint density at radius 3 is 1.92 bits per heavy atom. The average molecular weight is 390 g/mol. The second-order valence-corrected chi connectivity index (χ2v) is 7.34. The Morgan fingerprint density at radius 1 is 1.00 bits per heavy atom. The summed E-state index contributed by atoms with van der Waals surface area (Å²) < 4.78 is 54.3. The fraction of sp³-hybridized carbons (Fsp3) is 0.368. The van der Waals surface area contributed by atoms with Gasteiger partial charge in [-0.15, -0.1) is 11.6 Å². The zero-order valence-electron chi connectivity index (χ0n) is 14.6. The normalized spacial score (nSPS) is 14.3. The van der Waals surface area contributed by atoms with E-state index >= 15 is 0 Å². The Labute approximate surface area is 154 Å². The first kappa shape index (κ1) is 20.7. The van der Waals surface area contributed by atoms with E-state index < -0.39 is 41.1 Å². The van der Waals surface area contributed by atoms with Gasteiger partial charge in [-0.1, -0.05) is 45.0 Å². The maximum Gasteiger partial charge on any atom is 0.169 e. The predicted octanol–water partition coefficient (Wildman–Crippen LogP) is 5.10. The van der Waals surface area contributed by atoms with Crippen LogP contribution in [0.25, 0.3) is 0 Å². The Balaban J connectivity index is 2.28. The molecule has 2 nitrogen and oxygen atoms in total. The molecule has 142 valence electrons. The van der Waals surface area contributed by atoms with Crippen LogP contribution in [-0.4, -0.2) is 11.0 Å². The van der Waals surface area contributed by atoms with Crippen molar-refractivity contribution in [1.82, 2.24) is 5.32 Å². The van der Waals surface area contributed by atoms with Gasteiger partial charge < -0.3 is 5.11 Å². The first-order valence-corrected chi connectivity index (χ1v) is 8.53. The van der Waals surface area contributed by atoms with Gasteiger partial charge in [-0.25, -0.2) is 17.6 Å². The van der Waals surface area contributed by atoms with E-state index in [1.165, 1.54) is 0 Å². The monoisotopic (exact) mass is 389 g/mol. The summed E-state index contributed by atoms with van der Waals surface area (Å²) in [4.78, 5) is 0. The highest BCUT2D eigenvalue weighted by atomic mass is 35.5. The van der Waals surface area contributed by atoms with Crippen LogP contribution < -0.4 is 5.32 Å². The molecular formula is C19H20ClF4NO. The molecule has 0 aliphatic carbocycles. The summed E-state index contributed by atoms with van der Waals surface area (Å²) in [5, 5.41) is 12.6. The number of hydrogen-bond donors (Lipinski definition) is 2. The van der Waals surface area contributed by atoms with Gasteiger partial charge >= 0.3 is 0 Å². The molecule has 0 aliphatic rings. The lowest BCUT2D eigenvalue weighted by Gasteiger charge is -2.24. The summed E-state index contributed by atoms with van der Waals surface area (Å²) in [7, 11) is 0. The lowest BCUT2D eigenvalue weighted by atomic mass is 9.86. The third-order valence-corrected chi connectivity index (χ3v) is 4.42. The van der Waals surface area contributed by atoms with Crippen LogP contribution in [0.4, 0.5) is 17.6 Å². The zero-order chi connectivity index (χ0) is 19.6. The van der Waals surface area contributed by atoms with Gasteiger partial charge in [0.25, 0.3) is 0 Å². The van der Waals surface area contributed by atoms with E-state index in [0.29, 0.717) is 5.56 Å². The van der Waals surface area contributed by atoms with Gasteiger partial charge in [-0.3, -0.25) is 5.32 Å². The largest absolute Gasteiger partial charge is 0.374 e. The van der Waals surface area contributed by atoms with E-state index in [1.807, 2.05) is 32.9 Å². The molecule has 2 atom stereocenters. The number of rotatable bonds is 5. The molecule has 26 heavy (non-hydrogen) atoms. The Kier molecular flexibility index (Phi) is 6.32. The summed E-state index contributed by atoms with van der Waals surface area (Å²) in [6, 6.07) is 6.70. The van der Waals surface area contributed by atoms with E-state index in [2.05, 4.69) is 5.32 Å². The molecule has 0 heterocycles. The Hall–Kier alpha value is -1.63. The standard InChI is InChI=1S/C19H20ClF4NO/c1-19(2,3)11-6-4-10(5-7-11)14(9-20)25-18(26)15-16(23)12(21)8-13(22)17(15)24/h4-8,14,18,25-26H,9H2,1-3H3. The molecule has 2 unspecified atom stereocenters. The summed E-state index contributed by atoms with van der Waals surface area (Å²) in [5.41, 5.74) is 0.542. The average Bonchev–Trinajstić information content (AvgIpc) is 2.57. The molecule has 0 amide bonds. The maximum absolute atomic E-state index is 13.8. The molecule has 0 saturated carbocycles.